The Morgan fingerprint density at radius 1 is 1.20 bits per heavy atom. The van der Waals surface area contributed by atoms with Gasteiger partial charge in [-0.1, -0.05) is 23.5 Å². The number of hydrogen-bond donors (Lipinski definition) is 2. The van der Waals surface area contributed by atoms with Crippen LogP contribution >= 0.6 is 11.3 Å². The third-order valence-corrected chi connectivity index (χ3v) is 4.21. The lowest BCUT2D eigenvalue weighted by molar-refractivity contribution is -0.380. The highest BCUT2D eigenvalue weighted by molar-refractivity contribution is 7.17. The van der Waals surface area contributed by atoms with E-state index in [-0.39, 0.29) is 28.8 Å². The smallest absolute Gasteiger partial charge is 0.324 e. The molecular formula is C16H16N2O6S. The molecule has 2 aromatic rings. The molecule has 2 rings (SSSR count). The largest absolute Gasteiger partial charge is 0.494 e. The van der Waals surface area contributed by atoms with E-state index in [1.165, 1.54) is 12.1 Å². The molecule has 0 aliphatic rings. The number of nitrogens with one attached hydrogen (secondary N) is 1. The molecule has 0 saturated heterocycles. The average molecular weight is 364 g/mol. The molecule has 25 heavy (non-hydrogen) atoms. The Morgan fingerprint density at radius 2 is 1.92 bits per heavy atom. The van der Waals surface area contributed by atoms with Crippen LogP contribution in [0.4, 0.5) is 5.00 Å². The number of amides is 1. The predicted molar refractivity (Wildman–Crippen MR) is 91.0 cm³/mol. The molecular weight excluding hydrogens is 348 g/mol. The van der Waals surface area contributed by atoms with E-state index in [0.29, 0.717) is 18.8 Å². The minimum atomic E-state index is -0.856. The van der Waals surface area contributed by atoms with Crippen molar-refractivity contribution in [3.8, 4) is 5.75 Å². The van der Waals surface area contributed by atoms with Gasteiger partial charge in [0.15, 0.2) is 0 Å². The second-order valence-electron chi connectivity index (χ2n) is 5.07. The Morgan fingerprint density at radius 3 is 2.52 bits per heavy atom. The first-order chi connectivity index (χ1) is 12.0. The van der Waals surface area contributed by atoms with E-state index >= 15 is 0 Å². The van der Waals surface area contributed by atoms with Crippen LogP contribution < -0.4 is 10.1 Å². The van der Waals surface area contributed by atoms with Crippen molar-refractivity contribution in [3.63, 3.8) is 0 Å². The summed E-state index contributed by atoms with van der Waals surface area (Å²) in [6, 6.07) is 9.76. The van der Waals surface area contributed by atoms with Crippen molar-refractivity contribution in [1.82, 2.24) is 5.32 Å². The van der Waals surface area contributed by atoms with E-state index in [9.17, 15) is 19.7 Å². The zero-order valence-electron chi connectivity index (χ0n) is 13.1. The van der Waals surface area contributed by atoms with Crippen molar-refractivity contribution in [1.29, 1.82) is 0 Å². The van der Waals surface area contributed by atoms with Gasteiger partial charge in [-0.3, -0.25) is 19.7 Å². The number of carbonyl (C=O) groups excluding carboxylic acids is 1. The number of nitrogens with zero attached hydrogens (tertiary/aromatic N) is 1. The second-order valence-corrected chi connectivity index (χ2v) is 6.13. The summed E-state index contributed by atoms with van der Waals surface area (Å²) in [6.07, 6.45) is 0.491. The summed E-state index contributed by atoms with van der Waals surface area (Å²) < 4.78 is 5.42. The van der Waals surface area contributed by atoms with Gasteiger partial charge in [-0.25, -0.2) is 0 Å². The molecule has 1 aromatic heterocycles. The number of benzene rings is 1. The molecule has 0 fully saturated rings. The lowest BCUT2D eigenvalue weighted by Gasteiger charge is -2.07. The number of rotatable bonds is 9. The molecule has 0 saturated carbocycles. The van der Waals surface area contributed by atoms with Crippen LogP contribution in [-0.4, -0.2) is 28.5 Å². The van der Waals surface area contributed by atoms with Crippen molar-refractivity contribution in [3.05, 3.63) is 57.0 Å². The zero-order chi connectivity index (χ0) is 18.2. The fraction of sp³-hybridized carbons (Fsp3) is 0.250. The topological polar surface area (TPSA) is 119 Å². The molecule has 0 unspecified atom stereocenters. The molecule has 0 atom stereocenters. The van der Waals surface area contributed by atoms with Gasteiger partial charge in [-0.05, 0) is 30.2 Å². The van der Waals surface area contributed by atoms with Crippen LogP contribution in [0.1, 0.15) is 28.1 Å². The standard InChI is InChI=1S/C16H16N2O6S/c19-15(20)2-1-9-24-12-5-3-11(4-6-12)10-17-16(21)13-7-8-14(25-13)18(22)23/h3-8H,1-2,9-10H2,(H,17,21)(H,19,20). The number of thiophene rings is 1. The Bertz CT molecular complexity index is 756. The number of carbonyl (C=O) groups is 2. The summed E-state index contributed by atoms with van der Waals surface area (Å²) in [5.74, 6) is -0.604. The molecule has 9 heteroatoms. The predicted octanol–water partition coefficient (Wildman–Crippen LogP) is 2.83. The first kappa shape index (κ1) is 18.4. The van der Waals surface area contributed by atoms with Gasteiger partial charge in [0, 0.05) is 19.0 Å². The highest BCUT2D eigenvalue weighted by atomic mass is 32.1. The van der Waals surface area contributed by atoms with Gasteiger partial charge < -0.3 is 15.2 Å². The van der Waals surface area contributed by atoms with E-state index < -0.39 is 10.9 Å². The third kappa shape index (κ3) is 5.88. The van der Waals surface area contributed by atoms with Crippen LogP contribution in [0, 0.1) is 10.1 Å². The third-order valence-electron chi connectivity index (χ3n) is 3.18. The van der Waals surface area contributed by atoms with Crippen molar-refractivity contribution < 1.29 is 24.4 Å². The summed E-state index contributed by atoms with van der Waals surface area (Å²) >= 11 is 0.827. The molecule has 0 spiro atoms. The monoisotopic (exact) mass is 364 g/mol. The average Bonchev–Trinajstić information content (AvgIpc) is 3.08. The summed E-state index contributed by atoms with van der Waals surface area (Å²) in [5.41, 5.74) is 0.845. The number of hydrogen-bond acceptors (Lipinski definition) is 6. The Hall–Kier alpha value is -2.94. The Kier molecular flexibility index (Phi) is 6.47. The van der Waals surface area contributed by atoms with Crippen molar-refractivity contribution in [2.24, 2.45) is 0 Å². The van der Waals surface area contributed by atoms with E-state index in [2.05, 4.69) is 5.32 Å². The SMILES string of the molecule is O=C(O)CCCOc1ccc(CNC(=O)c2ccc([N+](=O)[O-])s2)cc1. The van der Waals surface area contributed by atoms with Gasteiger partial charge in [-0.15, -0.1) is 0 Å². The summed E-state index contributed by atoms with van der Waals surface area (Å²) in [7, 11) is 0. The van der Waals surface area contributed by atoms with E-state index in [0.717, 1.165) is 16.9 Å². The fourth-order valence-corrected chi connectivity index (χ4v) is 2.67. The minimum Gasteiger partial charge on any atom is -0.494 e. The van der Waals surface area contributed by atoms with Gasteiger partial charge in [0.1, 0.15) is 5.75 Å². The summed E-state index contributed by atoms with van der Waals surface area (Å²) in [6.45, 7) is 0.601. The summed E-state index contributed by atoms with van der Waals surface area (Å²) in [5, 5.41) is 21.8. The summed E-state index contributed by atoms with van der Waals surface area (Å²) in [4.78, 5) is 32.7. The van der Waals surface area contributed by atoms with Gasteiger partial charge in [-0.2, -0.15) is 0 Å². The normalized spacial score (nSPS) is 10.2. The number of carboxylic acids is 1. The van der Waals surface area contributed by atoms with E-state index in [4.69, 9.17) is 9.84 Å². The first-order valence-electron chi connectivity index (χ1n) is 7.41. The second kappa shape index (κ2) is 8.78. The van der Waals surface area contributed by atoms with E-state index in [1.54, 1.807) is 24.3 Å². The highest BCUT2D eigenvalue weighted by Crippen LogP contribution is 2.23. The Labute approximate surface area is 147 Å². The van der Waals surface area contributed by atoms with Crippen LogP contribution in [0.5, 0.6) is 5.75 Å². The molecule has 1 amide bonds. The molecule has 1 aromatic carbocycles. The minimum absolute atomic E-state index is 0.0605. The maximum atomic E-state index is 12.0. The highest BCUT2D eigenvalue weighted by Gasteiger charge is 2.14. The van der Waals surface area contributed by atoms with Crippen LogP contribution in [0.2, 0.25) is 0 Å². The van der Waals surface area contributed by atoms with Gasteiger partial charge in [0.2, 0.25) is 0 Å². The van der Waals surface area contributed by atoms with Crippen molar-refractivity contribution in [2.45, 2.75) is 19.4 Å². The molecule has 0 aliphatic heterocycles. The Balaban J connectivity index is 1.79. The van der Waals surface area contributed by atoms with Crippen LogP contribution in [0.3, 0.4) is 0 Å². The van der Waals surface area contributed by atoms with Gasteiger partial charge in [0.05, 0.1) is 16.4 Å². The van der Waals surface area contributed by atoms with Gasteiger partial charge in [0.25, 0.3) is 5.91 Å². The van der Waals surface area contributed by atoms with E-state index in [1.807, 2.05) is 0 Å². The van der Waals surface area contributed by atoms with Crippen LogP contribution in [0.15, 0.2) is 36.4 Å². The lowest BCUT2D eigenvalue weighted by Crippen LogP contribution is -2.21. The quantitative estimate of drug-likeness (QED) is 0.401. The molecule has 0 radical (unpaired) electrons. The molecule has 132 valence electrons. The van der Waals surface area contributed by atoms with Gasteiger partial charge >= 0.3 is 11.0 Å². The number of carboxylic acid groups (broad SMARTS) is 1. The van der Waals surface area contributed by atoms with Crippen LogP contribution in [-0.2, 0) is 11.3 Å². The molecule has 8 nitrogen and oxygen atoms in total. The first-order valence-corrected chi connectivity index (χ1v) is 8.23. The zero-order valence-corrected chi connectivity index (χ0v) is 14.0. The molecule has 2 N–H and O–H groups in total. The number of ether oxygens (including phenoxy) is 1. The maximum Gasteiger partial charge on any atom is 0.324 e. The molecule has 1 heterocycles. The number of aliphatic carboxylic acids is 1. The lowest BCUT2D eigenvalue weighted by atomic mass is 10.2. The van der Waals surface area contributed by atoms with Crippen LogP contribution in [0.25, 0.3) is 0 Å². The van der Waals surface area contributed by atoms with Crippen molar-refractivity contribution in [2.75, 3.05) is 6.61 Å². The number of nitro groups is 1. The molecule has 0 bridgehead atoms. The molecule has 0 aliphatic carbocycles. The fourth-order valence-electron chi connectivity index (χ4n) is 1.93. The maximum absolute atomic E-state index is 12.0. The van der Waals surface area contributed by atoms with Crippen molar-refractivity contribution >= 4 is 28.2 Å².